The fourth-order valence-corrected chi connectivity index (χ4v) is 1.17. The lowest BCUT2D eigenvalue weighted by Gasteiger charge is -2.19. The Morgan fingerprint density at radius 3 is 2.44 bits per heavy atom. The molecule has 1 aromatic rings. The van der Waals surface area contributed by atoms with Crippen molar-refractivity contribution in [3.05, 3.63) is 35.9 Å². The third-order valence-electron chi connectivity index (χ3n) is 2.00. The molecule has 1 atom stereocenters. The highest BCUT2D eigenvalue weighted by Gasteiger charge is 2.46. The molecule has 4 heteroatoms. The summed E-state index contributed by atoms with van der Waals surface area (Å²) in [5.74, 6) is -1.64. The van der Waals surface area contributed by atoms with E-state index in [1.54, 1.807) is 12.0 Å². The van der Waals surface area contributed by atoms with E-state index in [2.05, 4.69) is 5.92 Å². The molecular formula is C12H10F2O2. The van der Waals surface area contributed by atoms with Crippen LogP contribution < -0.4 is 0 Å². The minimum atomic E-state index is -3.88. The van der Waals surface area contributed by atoms with Crippen LogP contribution in [0, 0.1) is 11.8 Å². The van der Waals surface area contributed by atoms with Crippen LogP contribution in [-0.4, -0.2) is 16.8 Å². The summed E-state index contributed by atoms with van der Waals surface area (Å²) in [5.41, 5.74) is -0.0150. The van der Waals surface area contributed by atoms with Crippen LogP contribution in [0.3, 0.4) is 0 Å². The van der Waals surface area contributed by atoms with Crippen molar-refractivity contribution in [3.8, 4) is 11.8 Å². The summed E-state index contributed by atoms with van der Waals surface area (Å²) >= 11 is 0. The van der Waals surface area contributed by atoms with Crippen LogP contribution in [0.5, 0.6) is 0 Å². The molecule has 0 bridgehead atoms. The monoisotopic (exact) mass is 224 g/mol. The maximum atomic E-state index is 13.4. The number of carbonyl (C=O) groups is 1. The predicted molar refractivity (Wildman–Crippen MR) is 54.8 cm³/mol. The van der Waals surface area contributed by atoms with Gasteiger partial charge in [-0.2, -0.15) is 8.78 Å². The van der Waals surface area contributed by atoms with Crippen molar-refractivity contribution in [3.63, 3.8) is 0 Å². The highest BCUT2D eigenvalue weighted by atomic mass is 19.3. The second kappa shape index (κ2) is 4.86. The van der Waals surface area contributed by atoms with E-state index in [-0.39, 0.29) is 5.56 Å². The molecule has 0 spiro atoms. The molecule has 0 saturated carbocycles. The highest BCUT2D eigenvalue weighted by Crippen LogP contribution is 2.31. The average Bonchev–Trinajstić information content (AvgIpc) is 2.29. The molecular weight excluding hydrogens is 214 g/mol. The standard InChI is InChI=1S/C12H10F2O2/c1-2-6-10(15)12(13,14)11(16)9-7-4-3-5-8-9/h3-5,7-8,11,16H,1H3. The minimum Gasteiger partial charge on any atom is -0.382 e. The van der Waals surface area contributed by atoms with Crippen LogP contribution in [0.4, 0.5) is 8.78 Å². The molecule has 1 unspecified atom stereocenters. The Morgan fingerprint density at radius 2 is 1.94 bits per heavy atom. The topological polar surface area (TPSA) is 37.3 Å². The van der Waals surface area contributed by atoms with Gasteiger partial charge in [0.15, 0.2) is 6.10 Å². The lowest BCUT2D eigenvalue weighted by Crippen LogP contribution is -2.34. The quantitative estimate of drug-likeness (QED) is 0.629. The predicted octanol–water partition coefficient (Wildman–Crippen LogP) is 1.95. The zero-order valence-electron chi connectivity index (χ0n) is 8.58. The van der Waals surface area contributed by atoms with Crippen LogP contribution in [-0.2, 0) is 4.79 Å². The molecule has 0 aliphatic heterocycles. The van der Waals surface area contributed by atoms with E-state index in [1.165, 1.54) is 31.2 Å². The molecule has 0 aliphatic carbocycles. The maximum absolute atomic E-state index is 13.4. The van der Waals surface area contributed by atoms with Crippen LogP contribution in [0.25, 0.3) is 0 Å². The molecule has 0 fully saturated rings. The Morgan fingerprint density at radius 1 is 1.38 bits per heavy atom. The number of halogens is 2. The van der Waals surface area contributed by atoms with Crippen molar-refractivity contribution < 1.29 is 18.7 Å². The van der Waals surface area contributed by atoms with Crippen molar-refractivity contribution in [1.82, 2.24) is 0 Å². The normalized spacial score (nSPS) is 12.5. The summed E-state index contributed by atoms with van der Waals surface area (Å²) in [6, 6.07) is 7.29. The molecule has 84 valence electrons. The molecule has 1 N–H and O–H groups in total. The van der Waals surface area contributed by atoms with Crippen LogP contribution in [0.15, 0.2) is 30.3 Å². The van der Waals surface area contributed by atoms with Gasteiger partial charge in [0.2, 0.25) is 0 Å². The lowest BCUT2D eigenvalue weighted by molar-refractivity contribution is -0.155. The van der Waals surface area contributed by atoms with Gasteiger partial charge >= 0.3 is 5.92 Å². The van der Waals surface area contributed by atoms with Gasteiger partial charge in [0.1, 0.15) is 0 Å². The summed E-state index contributed by atoms with van der Waals surface area (Å²) < 4.78 is 26.8. The first-order valence-corrected chi connectivity index (χ1v) is 4.58. The number of Topliss-reactive ketones (excluding diaryl/α,β-unsaturated/α-hetero) is 1. The molecule has 0 radical (unpaired) electrons. The summed E-state index contributed by atoms with van der Waals surface area (Å²) in [5, 5.41) is 9.41. The Balaban J connectivity index is 2.99. The average molecular weight is 224 g/mol. The van der Waals surface area contributed by atoms with E-state index in [9.17, 15) is 18.7 Å². The first-order chi connectivity index (χ1) is 7.50. The van der Waals surface area contributed by atoms with Gasteiger partial charge in [-0.15, -0.1) is 0 Å². The van der Waals surface area contributed by atoms with Crippen molar-refractivity contribution in [2.45, 2.75) is 19.0 Å². The van der Waals surface area contributed by atoms with E-state index in [4.69, 9.17) is 0 Å². The number of rotatable bonds is 3. The van der Waals surface area contributed by atoms with Crippen LogP contribution >= 0.6 is 0 Å². The maximum Gasteiger partial charge on any atom is 0.346 e. The Hall–Kier alpha value is -1.73. The number of ketones is 1. The van der Waals surface area contributed by atoms with Gasteiger partial charge in [-0.25, -0.2) is 0 Å². The van der Waals surface area contributed by atoms with Gasteiger partial charge in [0.05, 0.1) is 0 Å². The largest absolute Gasteiger partial charge is 0.382 e. The molecule has 0 aliphatic rings. The fraction of sp³-hybridized carbons (Fsp3) is 0.250. The lowest BCUT2D eigenvalue weighted by atomic mass is 10.0. The second-order valence-corrected chi connectivity index (χ2v) is 3.14. The number of hydrogen-bond donors (Lipinski definition) is 1. The number of alkyl halides is 2. The summed E-state index contributed by atoms with van der Waals surface area (Å²) in [6.45, 7) is 1.28. The zero-order chi connectivity index (χ0) is 12.2. The van der Waals surface area contributed by atoms with Crippen molar-refractivity contribution >= 4 is 5.78 Å². The van der Waals surface area contributed by atoms with Crippen LogP contribution in [0.2, 0.25) is 0 Å². The first kappa shape index (κ1) is 12.3. The molecule has 0 saturated heterocycles. The van der Waals surface area contributed by atoms with Gasteiger partial charge in [-0.1, -0.05) is 36.3 Å². The van der Waals surface area contributed by atoms with Gasteiger partial charge in [0.25, 0.3) is 5.78 Å². The zero-order valence-corrected chi connectivity index (χ0v) is 8.58. The van der Waals surface area contributed by atoms with Crippen LogP contribution in [0.1, 0.15) is 18.6 Å². The van der Waals surface area contributed by atoms with Gasteiger partial charge in [-0.3, -0.25) is 4.79 Å². The molecule has 0 aromatic heterocycles. The minimum absolute atomic E-state index is 0.0150. The van der Waals surface area contributed by atoms with Gasteiger partial charge in [-0.05, 0) is 18.4 Å². The van der Waals surface area contributed by atoms with E-state index in [0.717, 1.165) is 0 Å². The molecule has 0 amide bonds. The van der Waals surface area contributed by atoms with E-state index in [0.29, 0.717) is 0 Å². The molecule has 0 heterocycles. The number of aliphatic hydroxyl groups is 1. The molecule has 16 heavy (non-hydrogen) atoms. The fourth-order valence-electron chi connectivity index (χ4n) is 1.17. The Kier molecular flexibility index (Phi) is 3.75. The summed E-state index contributed by atoms with van der Waals surface area (Å²) in [6.07, 6.45) is -2.16. The van der Waals surface area contributed by atoms with Crippen molar-refractivity contribution in [2.24, 2.45) is 0 Å². The number of hydrogen-bond acceptors (Lipinski definition) is 2. The second-order valence-electron chi connectivity index (χ2n) is 3.14. The van der Waals surface area contributed by atoms with E-state index in [1.807, 2.05) is 0 Å². The first-order valence-electron chi connectivity index (χ1n) is 4.58. The van der Waals surface area contributed by atoms with Gasteiger partial charge in [0, 0.05) is 0 Å². The number of benzene rings is 1. The van der Waals surface area contributed by atoms with Gasteiger partial charge < -0.3 is 5.11 Å². The van der Waals surface area contributed by atoms with Crippen molar-refractivity contribution in [1.29, 1.82) is 0 Å². The number of carbonyl (C=O) groups excluding carboxylic acids is 1. The van der Waals surface area contributed by atoms with E-state index < -0.39 is 17.8 Å². The molecule has 1 rings (SSSR count). The third-order valence-corrected chi connectivity index (χ3v) is 2.00. The highest BCUT2D eigenvalue weighted by molar-refractivity contribution is 6.01. The van der Waals surface area contributed by atoms with E-state index >= 15 is 0 Å². The summed E-state index contributed by atoms with van der Waals surface area (Å²) in [7, 11) is 0. The summed E-state index contributed by atoms with van der Waals surface area (Å²) in [4.78, 5) is 11.0. The Labute approximate surface area is 91.9 Å². The molecule has 1 aromatic carbocycles. The third kappa shape index (κ3) is 2.44. The smallest absolute Gasteiger partial charge is 0.346 e. The SMILES string of the molecule is CC#CC(=O)C(F)(F)C(O)c1ccccc1. The Bertz CT molecular complexity index is 429. The van der Waals surface area contributed by atoms with Crippen molar-refractivity contribution in [2.75, 3.05) is 0 Å². The number of aliphatic hydroxyl groups excluding tert-OH is 1. The molecule has 2 nitrogen and oxygen atoms in total.